The molecule has 0 aliphatic carbocycles. The average Bonchev–Trinajstić information content (AvgIpc) is 2.26. The van der Waals surface area contributed by atoms with Gasteiger partial charge in [-0.05, 0) is 13.3 Å². The van der Waals surface area contributed by atoms with Crippen LogP contribution in [0.3, 0.4) is 0 Å². The molecule has 8 heteroatoms. The van der Waals surface area contributed by atoms with Crippen molar-refractivity contribution in [1.82, 2.24) is 9.97 Å². The predicted octanol–water partition coefficient (Wildman–Crippen LogP) is 0.755. The number of anilines is 2. The minimum absolute atomic E-state index is 0.0637. The van der Waals surface area contributed by atoms with Gasteiger partial charge in [-0.3, -0.25) is 0 Å². The second-order valence-electron chi connectivity index (χ2n) is 5.80. The maximum absolute atomic E-state index is 10.9. The van der Waals surface area contributed by atoms with Crippen LogP contribution in [-0.4, -0.2) is 30.7 Å². The van der Waals surface area contributed by atoms with Crippen LogP contribution in [-0.2, 0) is 15.4 Å². The minimum Gasteiger partial charge on any atom is -0.383 e. The van der Waals surface area contributed by atoms with Gasteiger partial charge in [-0.1, -0.05) is 20.8 Å². The summed E-state index contributed by atoms with van der Waals surface area (Å²) in [6, 6.07) is 0. The predicted molar refractivity (Wildman–Crippen MR) is 81.0 cm³/mol. The van der Waals surface area contributed by atoms with Crippen molar-refractivity contribution in [2.45, 2.75) is 39.5 Å². The van der Waals surface area contributed by atoms with E-state index in [2.05, 4.69) is 15.3 Å². The molecule has 0 fully saturated rings. The molecule has 7 nitrogen and oxygen atoms in total. The van der Waals surface area contributed by atoms with Crippen LogP contribution >= 0.6 is 0 Å². The second-order valence-corrected chi connectivity index (χ2v) is 7.54. The molecule has 1 rings (SSSR count). The van der Waals surface area contributed by atoms with Crippen molar-refractivity contribution in [2.75, 3.05) is 23.3 Å². The highest BCUT2D eigenvalue weighted by molar-refractivity contribution is 7.89. The number of sulfonamides is 1. The van der Waals surface area contributed by atoms with Crippen LogP contribution in [0.15, 0.2) is 0 Å². The Kier molecular flexibility index (Phi) is 4.93. The lowest BCUT2D eigenvalue weighted by atomic mass is 9.95. The number of hydrogen-bond donors (Lipinski definition) is 3. The summed E-state index contributed by atoms with van der Waals surface area (Å²) in [5.74, 6) is 1.65. The second kappa shape index (κ2) is 5.92. The molecule has 0 aromatic carbocycles. The molecule has 1 heterocycles. The number of nitrogens with zero attached hydrogens (tertiary/aromatic N) is 2. The number of aromatic nitrogens is 2. The highest BCUT2D eigenvalue weighted by Gasteiger charge is 2.20. The van der Waals surface area contributed by atoms with Crippen molar-refractivity contribution in [2.24, 2.45) is 5.14 Å². The number of rotatable bonds is 5. The standard InChI is InChI=1S/C12H23N5O2S/c1-8-9(13)16-11(12(2,3)4)17-10(8)15-6-5-7-20(14,18)19/h5-7H2,1-4H3,(H2,14,18,19)(H3,13,15,16,17). The maximum atomic E-state index is 10.9. The molecule has 0 saturated carbocycles. The molecule has 0 amide bonds. The van der Waals surface area contributed by atoms with Crippen LogP contribution in [0.2, 0.25) is 0 Å². The molecule has 20 heavy (non-hydrogen) atoms. The third-order valence-electron chi connectivity index (χ3n) is 2.75. The van der Waals surface area contributed by atoms with Crippen LogP contribution in [0.1, 0.15) is 38.6 Å². The monoisotopic (exact) mass is 301 g/mol. The van der Waals surface area contributed by atoms with Gasteiger partial charge in [0.25, 0.3) is 0 Å². The fourth-order valence-corrected chi connectivity index (χ4v) is 2.07. The zero-order valence-corrected chi connectivity index (χ0v) is 13.2. The third kappa shape index (κ3) is 4.93. The van der Waals surface area contributed by atoms with E-state index in [-0.39, 0.29) is 11.2 Å². The van der Waals surface area contributed by atoms with Gasteiger partial charge in [0.1, 0.15) is 17.5 Å². The van der Waals surface area contributed by atoms with Gasteiger partial charge in [0.05, 0.1) is 5.75 Å². The number of nitrogens with one attached hydrogen (secondary N) is 1. The van der Waals surface area contributed by atoms with E-state index in [1.165, 1.54) is 0 Å². The summed E-state index contributed by atoms with van der Waals surface area (Å²) in [6.07, 6.45) is 0.410. The van der Waals surface area contributed by atoms with Gasteiger partial charge >= 0.3 is 0 Å². The molecule has 0 bridgehead atoms. The summed E-state index contributed by atoms with van der Waals surface area (Å²) in [5, 5.41) is 8.04. The lowest BCUT2D eigenvalue weighted by Gasteiger charge is -2.19. The highest BCUT2D eigenvalue weighted by atomic mass is 32.2. The Morgan fingerprint density at radius 1 is 1.25 bits per heavy atom. The third-order valence-corrected chi connectivity index (χ3v) is 3.61. The van der Waals surface area contributed by atoms with Crippen LogP contribution in [0.5, 0.6) is 0 Å². The Bertz CT molecular complexity index is 578. The molecule has 5 N–H and O–H groups in total. The van der Waals surface area contributed by atoms with Crippen molar-refractivity contribution in [3.05, 3.63) is 11.4 Å². The summed E-state index contributed by atoms with van der Waals surface area (Å²) in [7, 11) is -3.43. The number of primary sulfonamides is 1. The van der Waals surface area contributed by atoms with E-state index in [9.17, 15) is 8.42 Å². The number of hydrogen-bond acceptors (Lipinski definition) is 6. The molecule has 0 unspecified atom stereocenters. The van der Waals surface area contributed by atoms with Crippen molar-refractivity contribution in [1.29, 1.82) is 0 Å². The fraction of sp³-hybridized carbons (Fsp3) is 0.667. The first-order valence-corrected chi connectivity index (χ1v) is 8.11. The van der Waals surface area contributed by atoms with E-state index in [1.54, 1.807) is 0 Å². The van der Waals surface area contributed by atoms with Gasteiger partial charge in [-0.25, -0.2) is 23.5 Å². The summed E-state index contributed by atoms with van der Waals surface area (Å²) in [5.41, 5.74) is 6.43. The van der Waals surface area contributed by atoms with Crippen LogP contribution < -0.4 is 16.2 Å². The number of nitrogen functional groups attached to an aromatic ring is 1. The Labute approximate surface area is 120 Å². The quantitative estimate of drug-likeness (QED) is 0.689. The summed E-state index contributed by atoms with van der Waals surface area (Å²) in [6.45, 7) is 8.28. The molecule has 0 radical (unpaired) electrons. The van der Waals surface area contributed by atoms with Crippen molar-refractivity contribution in [3.8, 4) is 0 Å². The molecule has 0 aliphatic rings. The van der Waals surface area contributed by atoms with E-state index >= 15 is 0 Å². The fourth-order valence-electron chi connectivity index (χ4n) is 1.52. The zero-order valence-electron chi connectivity index (χ0n) is 12.4. The summed E-state index contributed by atoms with van der Waals surface area (Å²) < 4.78 is 21.7. The lowest BCUT2D eigenvalue weighted by molar-refractivity contribution is 0.546. The van der Waals surface area contributed by atoms with Gasteiger partial charge in [-0.2, -0.15) is 0 Å². The Morgan fingerprint density at radius 2 is 1.85 bits per heavy atom. The summed E-state index contributed by atoms with van der Waals surface area (Å²) >= 11 is 0. The average molecular weight is 301 g/mol. The molecular weight excluding hydrogens is 278 g/mol. The molecular formula is C12H23N5O2S. The van der Waals surface area contributed by atoms with Crippen LogP contribution in [0.25, 0.3) is 0 Å². The lowest BCUT2D eigenvalue weighted by Crippen LogP contribution is -2.21. The minimum atomic E-state index is -3.43. The molecule has 1 aromatic rings. The van der Waals surface area contributed by atoms with Crippen molar-refractivity contribution >= 4 is 21.7 Å². The van der Waals surface area contributed by atoms with E-state index in [1.807, 2.05) is 27.7 Å². The van der Waals surface area contributed by atoms with E-state index in [4.69, 9.17) is 10.9 Å². The summed E-state index contributed by atoms with van der Waals surface area (Å²) in [4.78, 5) is 8.74. The Hall–Kier alpha value is -1.41. The van der Waals surface area contributed by atoms with E-state index < -0.39 is 10.0 Å². The Morgan fingerprint density at radius 3 is 2.35 bits per heavy atom. The van der Waals surface area contributed by atoms with Gasteiger partial charge < -0.3 is 11.1 Å². The topological polar surface area (TPSA) is 124 Å². The van der Waals surface area contributed by atoms with E-state index in [0.717, 1.165) is 5.56 Å². The maximum Gasteiger partial charge on any atom is 0.209 e. The molecule has 0 atom stereocenters. The first-order valence-electron chi connectivity index (χ1n) is 6.39. The molecule has 0 aliphatic heterocycles. The van der Waals surface area contributed by atoms with Crippen molar-refractivity contribution < 1.29 is 8.42 Å². The highest BCUT2D eigenvalue weighted by Crippen LogP contribution is 2.24. The first kappa shape index (κ1) is 16.6. The van der Waals surface area contributed by atoms with Gasteiger partial charge in [0.15, 0.2) is 0 Å². The Balaban J connectivity index is 2.82. The van der Waals surface area contributed by atoms with Gasteiger partial charge in [-0.15, -0.1) is 0 Å². The molecule has 0 spiro atoms. The van der Waals surface area contributed by atoms with Gasteiger partial charge in [0.2, 0.25) is 10.0 Å². The molecule has 1 aromatic heterocycles. The van der Waals surface area contributed by atoms with Crippen LogP contribution in [0, 0.1) is 6.92 Å². The van der Waals surface area contributed by atoms with Crippen molar-refractivity contribution in [3.63, 3.8) is 0 Å². The molecule has 0 saturated heterocycles. The van der Waals surface area contributed by atoms with E-state index in [0.29, 0.717) is 30.4 Å². The first-order chi connectivity index (χ1) is 9.00. The van der Waals surface area contributed by atoms with Crippen LogP contribution in [0.4, 0.5) is 11.6 Å². The zero-order chi connectivity index (χ0) is 15.6. The number of nitrogens with two attached hydrogens (primary N) is 2. The smallest absolute Gasteiger partial charge is 0.209 e. The van der Waals surface area contributed by atoms with Gasteiger partial charge in [0, 0.05) is 17.5 Å². The largest absolute Gasteiger partial charge is 0.383 e. The normalized spacial score (nSPS) is 12.4. The SMILES string of the molecule is Cc1c(N)nc(C(C)(C)C)nc1NCCCS(N)(=O)=O. The molecule has 114 valence electrons.